The van der Waals surface area contributed by atoms with Gasteiger partial charge in [-0.25, -0.2) is 4.98 Å². The third kappa shape index (κ3) is 4.29. The van der Waals surface area contributed by atoms with Crippen molar-refractivity contribution >= 4 is 33.4 Å². The fourth-order valence-corrected chi connectivity index (χ4v) is 2.49. The molecule has 0 aliphatic heterocycles. The Morgan fingerprint density at radius 3 is 2.48 bits per heavy atom. The molecule has 5 heteroatoms. The zero-order valence-corrected chi connectivity index (χ0v) is 14.4. The Kier molecular flexibility index (Phi) is 4.88. The number of nitrogens with zero attached hydrogens (tertiary/aromatic N) is 3. The third-order valence-electron chi connectivity index (χ3n) is 3.39. The quantitative estimate of drug-likeness (QED) is 0.713. The standard InChI is InChI=1S/C18H17BrN4/c1-23(13-14-5-3-2-4-6-14)17-11-12-20-18(22-17)21-16-9-7-15(19)8-10-16/h2-12H,13H2,1H3,(H,20,21,22). The van der Waals surface area contributed by atoms with Crippen LogP contribution in [-0.4, -0.2) is 17.0 Å². The van der Waals surface area contributed by atoms with Crippen LogP contribution in [-0.2, 0) is 6.54 Å². The van der Waals surface area contributed by atoms with Gasteiger partial charge in [0.2, 0.25) is 5.95 Å². The summed E-state index contributed by atoms with van der Waals surface area (Å²) in [7, 11) is 2.03. The maximum absolute atomic E-state index is 4.58. The average Bonchev–Trinajstić information content (AvgIpc) is 2.58. The van der Waals surface area contributed by atoms with Crippen LogP contribution < -0.4 is 10.2 Å². The maximum Gasteiger partial charge on any atom is 0.229 e. The van der Waals surface area contributed by atoms with E-state index in [1.54, 1.807) is 6.20 Å². The van der Waals surface area contributed by atoms with Gasteiger partial charge < -0.3 is 10.2 Å². The van der Waals surface area contributed by atoms with Gasteiger partial charge in [0.05, 0.1) is 0 Å². The normalized spacial score (nSPS) is 10.3. The molecule has 3 rings (SSSR count). The van der Waals surface area contributed by atoms with Gasteiger partial charge in [-0.1, -0.05) is 46.3 Å². The second-order valence-corrected chi connectivity index (χ2v) is 6.13. The fraction of sp³-hybridized carbons (Fsp3) is 0.111. The van der Waals surface area contributed by atoms with Crippen molar-refractivity contribution in [3.63, 3.8) is 0 Å². The predicted octanol–water partition coefficient (Wildman–Crippen LogP) is 4.62. The number of rotatable bonds is 5. The highest BCUT2D eigenvalue weighted by Gasteiger charge is 2.06. The monoisotopic (exact) mass is 368 g/mol. The van der Waals surface area contributed by atoms with Crippen LogP contribution in [0.2, 0.25) is 0 Å². The van der Waals surface area contributed by atoms with Crippen molar-refractivity contribution in [1.82, 2.24) is 9.97 Å². The molecule has 4 nitrogen and oxygen atoms in total. The number of anilines is 3. The van der Waals surface area contributed by atoms with E-state index < -0.39 is 0 Å². The molecule has 0 saturated carbocycles. The van der Waals surface area contributed by atoms with Gasteiger partial charge >= 0.3 is 0 Å². The number of nitrogens with one attached hydrogen (secondary N) is 1. The minimum absolute atomic E-state index is 0.588. The van der Waals surface area contributed by atoms with Crippen LogP contribution in [0.5, 0.6) is 0 Å². The molecule has 0 radical (unpaired) electrons. The average molecular weight is 369 g/mol. The Hall–Kier alpha value is -2.40. The minimum atomic E-state index is 0.588. The van der Waals surface area contributed by atoms with Gasteiger partial charge in [0.25, 0.3) is 0 Å². The first-order valence-electron chi connectivity index (χ1n) is 7.31. The second kappa shape index (κ2) is 7.24. The van der Waals surface area contributed by atoms with Crippen molar-refractivity contribution < 1.29 is 0 Å². The lowest BCUT2D eigenvalue weighted by molar-refractivity contribution is 0.893. The van der Waals surface area contributed by atoms with E-state index in [0.717, 1.165) is 22.5 Å². The van der Waals surface area contributed by atoms with Crippen molar-refractivity contribution in [2.45, 2.75) is 6.54 Å². The van der Waals surface area contributed by atoms with Gasteiger partial charge in [-0.2, -0.15) is 4.98 Å². The van der Waals surface area contributed by atoms with Gasteiger partial charge in [0.15, 0.2) is 0 Å². The molecule has 0 fully saturated rings. The Labute approximate surface area is 144 Å². The first-order chi connectivity index (χ1) is 11.2. The smallest absolute Gasteiger partial charge is 0.229 e. The van der Waals surface area contributed by atoms with E-state index in [1.165, 1.54) is 5.56 Å². The zero-order chi connectivity index (χ0) is 16.1. The van der Waals surface area contributed by atoms with Crippen molar-refractivity contribution in [2.24, 2.45) is 0 Å². The molecule has 0 amide bonds. The molecule has 0 saturated heterocycles. The first kappa shape index (κ1) is 15.5. The molecule has 2 aromatic carbocycles. The highest BCUT2D eigenvalue weighted by Crippen LogP contribution is 2.19. The van der Waals surface area contributed by atoms with Crippen LogP contribution in [0.25, 0.3) is 0 Å². The molecule has 3 aromatic rings. The summed E-state index contributed by atoms with van der Waals surface area (Å²) in [4.78, 5) is 11.0. The van der Waals surface area contributed by atoms with Crippen LogP contribution in [0, 0.1) is 0 Å². The van der Waals surface area contributed by atoms with E-state index in [-0.39, 0.29) is 0 Å². The van der Waals surface area contributed by atoms with E-state index >= 15 is 0 Å². The first-order valence-corrected chi connectivity index (χ1v) is 8.11. The van der Waals surface area contributed by atoms with Crippen molar-refractivity contribution in [2.75, 3.05) is 17.3 Å². The van der Waals surface area contributed by atoms with Crippen molar-refractivity contribution in [3.8, 4) is 0 Å². The largest absolute Gasteiger partial charge is 0.355 e. The van der Waals surface area contributed by atoms with Crippen molar-refractivity contribution in [1.29, 1.82) is 0 Å². The molecule has 0 bridgehead atoms. The fourth-order valence-electron chi connectivity index (χ4n) is 2.22. The molecule has 1 aromatic heterocycles. The third-order valence-corrected chi connectivity index (χ3v) is 3.92. The summed E-state index contributed by atoms with van der Waals surface area (Å²) in [5.41, 5.74) is 2.20. The second-order valence-electron chi connectivity index (χ2n) is 5.21. The summed E-state index contributed by atoms with van der Waals surface area (Å²) in [5.74, 6) is 1.47. The predicted molar refractivity (Wildman–Crippen MR) is 98.0 cm³/mol. The summed E-state index contributed by atoms with van der Waals surface area (Å²) in [6.45, 7) is 0.801. The molecule has 0 aliphatic carbocycles. The molecule has 0 unspecified atom stereocenters. The molecule has 1 N–H and O–H groups in total. The summed E-state index contributed by atoms with van der Waals surface area (Å²) < 4.78 is 1.04. The molecule has 0 aliphatic rings. The Bertz CT molecular complexity index is 759. The maximum atomic E-state index is 4.58. The van der Waals surface area contributed by atoms with Crippen LogP contribution >= 0.6 is 15.9 Å². The molecular weight excluding hydrogens is 352 g/mol. The van der Waals surface area contributed by atoms with Gasteiger partial charge in [0, 0.05) is 29.9 Å². The Balaban J connectivity index is 1.72. The van der Waals surface area contributed by atoms with Crippen LogP contribution in [0.1, 0.15) is 5.56 Å². The lowest BCUT2D eigenvalue weighted by Crippen LogP contribution is -2.18. The molecular formula is C18H17BrN4. The lowest BCUT2D eigenvalue weighted by Gasteiger charge is -2.18. The molecule has 23 heavy (non-hydrogen) atoms. The van der Waals surface area contributed by atoms with E-state index in [9.17, 15) is 0 Å². The Morgan fingerprint density at radius 1 is 1.00 bits per heavy atom. The molecule has 0 atom stereocenters. The van der Waals surface area contributed by atoms with E-state index in [2.05, 4.69) is 48.2 Å². The van der Waals surface area contributed by atoms with Crippen LogP contribution in [0.15, 0.2) is 71.3 Å². The number of hydrogen-bond acceptors (Lipinski definition) is 4. The number of aromatic nitrogens is 2. The van der Waals surface area contributed by atoms with Gasteiger partial charge in [0.1, 0.15) is 5.82 Å². The summed E-state index contributed by atoms with van der Waals surface area (Å²) in [6, 6.07) is 20.2. The number of benzene rings is 2. The van der Waals surface area contributed by atoms with Gasteiger partial charge in [-0.3, -0.25) is 0 Å². The molecule has 0 spiro atoms. The van der Waals surface area contributed by atoms with E-state index in [4.69, 9.17) is 0 Å². The van der Waals surface area contributed by atoms with Gasteiger partial charge in [-0.05, 0) is 35.9 Å². The SMILES string of the molecule is CN(Cc1ccccc1)c1ccnc(Nc2ccc(Br)cc2)n1. The topological polar surface area (TPSA) is 41.1 Å². The highest BCUT2D eigenvalue weighted by molar-refractivity contribution is 9.10. The number of halogens is 1. The lowest BCUT2D eigenvalue weighted by atomic mass is 10.2. The minimum Gasteiger partial charge on any atom is -0.355 e. The number of hydrogen-bond donors (Lipinski definition) is 1. The van der Waals surface area contributed by atoms with Gasteiger partial charge in [-0.15, -0.1) is 0 Å². The molecule has 116 valence electrons. The van der Waals surface area contributed by atoms with Crippen LogP contribution in [0.4, 0.5) is 17.5 Å². The summed E-state index contributed by atoms with van der Waals surface area (Å²) in [5, 5.41) is 3.22. The summed E-state index contributed by atoms with van der Waals surface area (Å²) >= 11 is 3.43. The molecule has 1 heterocycles. The highest BCUT2D eigenvalue weighted by atomic mass is 79.9. The van der Waals surface area contributed by atoms with Crippen molar-refractivity contribution in [3.05, 3.63) is 76.9 Å². The van der Waals surface area contributed by atoms with E-state index in [0.29, 0.717) is 5.95 Å². The zero-order valence-electron chi connectivity index (χ0n) is 12.8. The Morgan fingerprint density at radius 2 is 1.74 bits per heavy atom. The van der Waals surface area contributed by atoms with E-state index in [1.807, 2.05) is 55.6 Å². The summed E-state index contributed by atoms with van der Waals surface area (Å²) in [6.07, 6.45) is 1.77. The van der Waals surface area contributed by atoms with Crippen LogP contribution in [0.3, 0.4) is 0 Å².